The van der Waals surface area contributed by atoms with E-state index in [1.807, 2.05) is 0 Å². The maximum Gasteiger partial charge on any atom is 0.253 e. The first-order chi connectivity index (χ1) is 9.35. The third-order valence-corrected chi connectivity index (χ3v) is 3.24. The van der Waals surface area contributed by atoms with E-state index >= 15 is 0 Å². The molecule has 1 aromatic carbocycles. The molecule has 0 bridgehead atoms. The van der Waals surface area contributed by atoms with Gasteiger partial charge in [0, 0.05) is 20.1 Å². The first-order valence-corrected chi connectivity index (χ1v) is 7.93. The molecule has 1 amide bonds. The van der Waals surface area contributed by atoms with Gasteiger partial charge in [-0.1, -0.05) is 6.07 Å². The number of carbonyl (C=O) groups excluding carboxylic acids is 1. The van der Waals surface area contributed by atoms with Gasteiger partial charge in [0.15, 0.2) is 0 Å². The Morgan fingerprint density at radius 2 is 2.00 bits per heavy atom. The lowest BCUT2D eigenvalue weighted by atomic mass is 10.1. The van der Waals surface area contributed by atoms with Crippen molar-refractivity contribution < 1.29 is 17.6 Å². The molecule has 1 aromatic rings. The van der Waals surface area contributed by atoms with E-state index in [2.05, 4.69) is 15.4 Å². The molecule has 0 spiro atoms. The van der Waals surface area contributed by atoms with Gasteiger partial charge in [0.1, 0.15) is 5.82 Å². The molecule has 0 aliphatic carbocycles. The summed E-state index contributed by atoms with van der Waals surface area (Å²) in [6, 6.07) is 4.23. The molecule has 112 valence electrons. The van der Waals surface area contributed by atoms with Crippen LogP contribution in [0.5, 0.6) is 0 Å². The van der Waals surface area contributed by atoms with Crippen LogP contribution in [0.25, 0.3) is 0 Å². The number of benzene rings is 1. The summed E-state index contributed by atoms with van der Waals surface area (Å²) >= 11 is 0. The van der Waals surface area contributed by atoms with Crippen molar-refractivity contribution in [1.29, 1.82) is 0 Å². The number of nitrogens with one attached hydrogen (secondary N) is 3. The third-order valence-electron chi connectivity index (χ3n) is 2.51. The average molecular weight is 303 g/mol. The Hall–Kier alpha value is -1.67. The van der Waals surface area contributed by atoms with Crippen LogP contribution in [0.1, 0.15) is 16.8 Å². The van der Waals surface area contributed by atoms with Crippen LogP contribution in [0, 0.1) is 5.82 Å². The highest BCUT2D eigenvalue weighted by Gasteiger charge is 2.13. The Morgan fingerprint density at radius 1 is 1.30 bits per heavy atom. The molecule has 0 saturated carbocycles. The van der Waals surface area contributed by atoms with E-state index in [0.29, 0.717) is 13.0 Å². The van der Waals surface area contributed by atoms with Gasteiger partial charge in [-0.3, -0.25) is 4.79 Å². The van der Waals surface area contributed by atoms with Crippen LogP contribution in [0.15, 0.2) is 18.2 Å². The molecule has 0 radical (unpaired) electrons. The van der Waals surface area contributed by atoms with E-state index in [0.717, 1.165) is 6.26 Å². The molecule has 20 heavy (non-hydrogen) atoms. The first kappa shape index (κ1) is 16.4. The first-order valence-electron chi connectivity index (χ1n) is 6.04. The van der Waals surface area contributed by atoms with Crippen LogP contribution in [0.2, 0.25) is 0 Å². The zero-order valence-corrected chi connectivity index (χ0v) is 12.2. The fourth-order valence-corrected chi connectivity index (χ4v) is 2.13. The lowest BCUT2D eigenvalue weighted by Gasteiger charge is -2.10. The number of sulfonamides is 1. The number of hydrogen-bond donors (Lipinski definition) is 3. The minimum atomic E-state index is -3.22. The molecule has 0 saturated heterocycles. The van der Waals surface area contributed by atoms with Gasteiger partial charge < -0.3 is 10.6 Å². The van der Waals surface area contributed by atoms with Crippen LogP contribution in [-0.4, -0.2) is 40.7 Å². The summed E-state index contributed by atoms with van der Waals surface area (Å²) in [5.74, 6) is -0.910. The number of hydrogen-bond acceptors (Lipinski definition) is 4. The van der Waals surface area contributed by atoms with Crippen LogP contribution < -0.4 is 15.4 Å². The standard InChI is InChI=1S/C12H18FN3O3S/c1-14-11-9(5-3-6-10(11)13)12(17)15-7-4-8-16-20(2,18)19/h3,5-6,14,16H,4,7-8H2,1-2H3,(H,15,17). The van der Waals surface area contributed by atoms with Crippen molar-refractivity contribution >= 4 is 21.6 Å². The second-order valence-electron chi connectivity index (χ2n) is 4.19. The van der Waals surface area contributed by atoms with Crippen molar-refractivity contribution in [1.82, 2.24) is 10.0 Å². The van der Waals surface area contributed by atoms with Crippen molar-refractivity contribution in [2.75, 3.05) is 31.7 Å². The Balaban J connectivity index is 2.50. The van der Waals surface area contributed by atoms with Crippen LogP contribution in [-0.2, 0) is 10.0 Å². The van der Waals surface area contributed by atoms with Crippen molar-refractivity contribution in [2.45, 2.75) is 6.42 Å². The highest BCUT2D eigenvalue weighted by molar-refractivity contribution is 7.88. The topological polar surface area (TPSA) is 87.3 Å². The summed E-state index contributed by atoms with van der Waals surface area (Å²) in [6.07, 6.45) is 1.51. The Labute approximate surface area is 117 Å². The molecule has 0 fully saturated rings. The van der Waals surface area contributed by atoms with Gasteiger partial charge in [-0.2, -0.15) is 0 Å². The molecule has 8 heteroatoms. The van der Waals surface area contributed by atoms with Gasteiger partial charge >= 0.3 is 0 Å². The number of halogens is 1. The molecule has 1 rings (SSSR count). The van der Waals surface area contributed by atoms with Gasteiger partial charge in [0.25, 0.3) is 5.91 Å². The molecular formula is C12H18FN3O3S. The monoisotopic (exact) mass is 303 g/mol. The molecule has 0 aromatic heterocycles. The lowest BCUT2D eigenvalue weighted by molar-refractivity contribution is 0.0954. The molecule has 6 nitrogen and oxygen atoms in total. The zero-order chi connectivity index (χ0) is 15.2. The van der Waals surface area contributed by atoms with Gasteiger partial charge in [-0.15, -0.1) is 0 Å². The second-order valence-corrected chi connectivity index (χ2v) is 6.02. The quantitative estimate of drug-likeness (QED) is 0.642. The Kier molecular flexibility index (Phi) is 5.90. The number of para-hydroxylation sites is 1. The Morgan fingerprint density at radius 3 is 2.60 bits per heavy atom. The summed E-state index contributed by atoms with van der Waals surface area (Å²) in [7, 11) is -1.68. The number of rotatable bonds is 7. The molecule has 0 aliphatic heterocycles. The number of anilines is 1. The molecule has 0 unspecified atom stereocenters. The van der Waals surface area contributed by atoms with E-state index in [9.17, 15) is 17.6 Å². The third kappa shape index (κ3) is 5.14. The second kappa shape index (κ2) is 7.20. The van der Waals surface area contributed by atoms with E-state index in [-0.39, 0.29) is 17.8 Å². The maximum absolute atomic E-state index is 13.5. The molecule has 0 heterocycles. The van der Waals surface area contributed by atoms with Gasteiger partial charge in [-0.05, 0) is 18.6 Å². The minimum Gasteiger partial charge on any atom is -0.385 e. The van der Waals surface area contributed by atoms with Gasteiger partial charge in [0.05, 0.1) is 17.5 Å². The molecule has 0 aliphatic rings. The van der Waals surface area contributed by atoms with Crippen LogP contribution in [0.4, 0.5) is 10.1 Å². The van der Waals surface area contributed by atoms with Crippen molar-refractivity contribution in [3.8, 4) is 0 Å². The number of amides is 1. The molecule has 3 N–H and O–H groups in total. The SMILES string of the molecule is CNc1c(F)cccc1C(=O)NCCCNS(C)(=O)=O. The zero-order valence-electron chi connectivity index (χ0n) is 11.4. The molecule has 0 atom stereocenters. The normalized spacial score (nSPS) is 11.2. The summed E-state index contributed by atoms with van der Waals surface area (Å²) in [6.45, 7) is 0.530. The molecular weight excluding hydrogens is 285 g/mol. The fraction of sp³-hybridized carbons (Fsp3) is 0.417. The van der Waals surface area contributed by atoms with E-state index in [1.54, 1.807) is 0 Å². The average Bonchev–Trinajstić information content (AvgIpc) is 2.36. The van der Waals surface area contributed by atoms with Crippen molar-refractivity contribution in [3.05, 3.63) is 29.6 Å². The summed E-state index contributed by atoms with van der Waals surface area (Å²) in [5, 5.41) is 5.25. The van der Waals surface area contributed by atoms with Crippen molar-refractivity contribution in [2.24, 2.45) is 0 Å². The van der Waals surface area contributed by atoms with E-state index < -0.39 is 21.7 Å². The summed E-state index contributed by atoms with van der Waals surface area (Å²) in [5.41, 5.74) is 0.350. The summed E-state index contributed by atoms with van der Waals surface area (Å²) < 4.78 is 37.4. The smallest absolute Gasteiger partial charge is 0.253 e. The highest BCUT2D eigenvalue weighted by atomic mass is 32.2. The fourth-order valence-electron chi connectivity index (χ4n) is 1.61. The predicted octanol–water partition coefficient (Wildman–Crippen LogP) is 0.536. The van der Waals surface area contributed by atoms with E-state index in [1.165, 1.54) is 25.2 Å². The van der Waals surface area contributed by atoms with Crippen LogP contribution >= 0.6 is 0 Å². The number of carbonyl (C=O) groups is 1. The largest absolute Gasteiger partial charge is 0.385 e. The summed E-state index contributed by atoms with van der Waals surface area (Å²) in [4.78, 5) is 11.9. The minimum absolute atomic E-state index is 0.138. The Bertz CT molecular complexity index is 575. The lowest BCUT2D eigenvalue weighted by Crippen LogP contribution is -2.29. The van der Waals surface area contributed by atoms with Gasteiger partial charge in [0.2, 0.25) is 10.0 Å². The van der Waals surface area contributed by atoms with Gasteiger partial charge in [-0.25, -0.2) is 17.5 Å². The van der Waals surface area contributed by atoms with Crippen LogP contribution in [0.3, 0.4) is 0 Å². The predicted molar refractivity (Wildman–Crippen MR) is 75.7 cm³/mol. The van der Waals surface area contributed by atoms with E-state index in [4.69, 9.17) is 0 Å². The highest BCUT2D eigenvalue weighted by Crippen LogP contribution is 2.18. The van der Waals surface area contributed by atoms with Crippen molar-refractivity contribution in [3.63, 3.8) is 0 Å². The maximum atomic E-state index is 13.5.